The highest BCUT2D eigenvalue weighted by molar-refractivity contribution is 7.71. The van der Waals surface area contributed by atoms with Crippen LogP contribution in [0.2, 0.25) is 0 Å². The van der Waals surface area contributed by atoms with Gasteiger partial charge < -0.3 is 25.0 Å². The van der Waals surface area contributed by atoms with Crippen molar-refractivity contribution in [3.8, 4) is 0 Å². The van der Waals surface area contributed by atoms with Gasteiger partial charge in [-0.2, -0.15) is 13.2 Å². The molecule has 1 unspecified atom stereocenters. The van der Waals surface area contributed by atoms with Gasteiger partial charge >= 0.3 is 6.18 Å². The van der Waals surface area contributed by atoms with Gasteiger partial charge in [0.15, 0.2) is 11.7 Å². The lowest BCUT2D eigenvalue weighted by Crippen LogP contribution is -2.33. The monoisotopic (exact) mass is 379 g/mol. The fourth-order valence-corrected chi connectivity index (χ4v) is 2.81. The molecule has 2 aromatic rings. The minimum atomic E-state index is -4.76. The van der Waals surface area contributed by atoms with Gasteiger partial charge in [-0.05, 0) is 12.2 Å². The fraction of sp³-hybridized carbons (Fsp3) is 0.462. The molecule has 4 atom stereocenters. The Morgan fingerprint density at radius 1 is 1.36 bits per heavy atom. The first-order valence-electron chi connectivity index (χ1n) is 6.99. The first-order valence-corrected chi connectivity index (χ1v) is 7.40. The number of H-pyrrole nitrogens is 1. The molecular formula is C13H12F3N3O5S. The third-order valence-electron chi connectivity index (χ3n) is 3.84. The normalized spacial score (nSPS) is 27.1. The van der Waals surface area contributed by atoms with Gasteiger partial charge in [0.25, 0.3) is 0 Å². The van der Waals surface area contributed by atoms with Gasteiger partial charge in [0, 0.05) is 12.3 Å². The van der Waals surface area contributed by atoms with E-state index in [1.807, 2.05) is 4.98 Å². The lowest BCUT2D eigenvalue weighted by Gasteiger charge is -2.18. The number of ether oxygens (including phenoxy) is 1. The molecule has 3 rings (SSSR count). The second-order valence-corrected chi connectivity index (χ2v) is 5.83. The second-order valence-electron chi connectivity index (χ2n) is 5.47. The van der Waals surface area contributed by atoms with E-state index in [1.54, 1.807) is 0 Å². The van der Waals surface area contributed by atoms with Crippen LogP contribution < -0.4 is 5.43 Å². The minimum absolute atomic E-state index is 0.209. The molecule has 0 amide bonds. The van der Waals surface area contributed by atoms with Crippen LogP contribution in [0.4, 0.5) is 13.2 Å². The van der Waals surface area contributed by atoms with Crippen LogP contribution in [0.5, 0.6) is 0 Å². The number of rotatable bonds is 2. The van der Waals surface area contributed by atoms with Crippen molar-refractivity contribution in [1.29, 1.82) is 0 Å². The molecule has 3 heterocycles. The fourth-order valence-electron chi connectivity index (χ4n) is 2.56. The van der Waals surface area contributed by atoms with Crippen molar-refractivity contribution in [3.05, 3.63) is 33.0 Å². The number of hydrogen-bond acceptors (Lipinski definition) is 7. The molecule has 1 aliphatic heterocycles. The molecule has 0 radical (unpaired) electrons. The average molecular weight is 379 g/mol. The Morgan fingerprint density at radius 2 is 2.04 bits per heavy atom. The van der Waals surface area contributed by atoms with E-state index < -0.39 is 48.4 Å². The summed E-state index contributed by atoms with van der Waals surface area (Å²) in [7, 11) is 0. The minimum Gasteiger partial charge on any atom is -0.394 e. The molecular weight excluding hydrogens is 367 g/mol. The number of hydrogen-bond donors (Lipinski definition) is 4. The van der Waals surface area contributed by atoms with Crippen molar-refractivity contribution >= 4 is 23.3 Å². The molecule has 1 fully saturated rings. The lowest BCUT2D eigenvalue weighted by molar-refractivity contribution is -0.141. The molecule has 2 aromatic heterocycles. The summed E-state index contributed by atoms with van der Waals surface area (Å²) in [4.78, 5) is 17.7. The highest BCUT2D eigenvalue weighted by Crippen LogP contribution is 2.30. The van der Waals surface area contributed by atoms with Gasteiger partial charge in [0.2, 0.25) is 4.77 Å². The topological polar surface area (TPSA) is 121 Å². The highest BCUT2D eigenvalue weighted by atomic mass is 32.1. The number of alkyl halides is 3. The van der Waals surface area contributed by atoms with E-state index in [0.29, 0.717) is 6.07 Å². The van der Waals surface area contributed by atoms with Crippen molar-refractivity contribution in [1.82, 2.24) is 14.5 Å². The van der Waals surface area contributed by atoms with E-state index in [1.165, 1.54) is 0 Å². The summed E-state index contributed by atoms with van der Waals surface area (Å²) < 4.78 is 44.3. The van der Waals surface area contributed by atoms with E-state index in [-0.39, 0.29) is 15.8 Å². The van der Waals surface area contributed by atoms with Gasteiger partial charge in [-0.3, -0.25) is 9.36 Å². The van der Waals surface area contributed by atoms with Crippen LogP contribution in [-0.2, 0) is 10.9 Å². The summed E-state index contributed by atoms with van der Waals surface area (Å²) in [6.45, 7) is -0.571. The molecule has 1 saturated heterocycles. The maximum Gasteiger partial charge on any atom is 0.431 e. The van der Waals surface area contributed by atoms with E-state index in [4.69, 9.17) is 22.1 Å². The third kappa shape index (κ3) is 3.06. The number of nitrogens with one attached hydrogen (secondary N) is 1. The van der Waals surface area contributed by atoms with Crippen LogP contribution in [0.3, 0.4) is 0 Å². The standard InChI is InChI=1S/C13H12F3N3O5S/c14-13(15,16)7-1-5(21)4-2-19(12(25)18-10(4)17-7)11-9(23)8(22)6(3-20)24-11/h1-2,6,8-9,11,20,22-23H,3H2,(H,17,18,25)/t6-,8?,9+,11-/m1/s1. The zero-order chi connectivity index (χ0) is 18.5. The number of aliphatic hydroxyl groups is 3. The van der Waals surface area contributed by atoms with E-state index >= 15 is 0 Å². The molecule has 0 bridgehead atoms. The molecule has 136 valence electrons. The van der Waals surface area contributed by atoms with Crippen molar-refractivity contribution in [2.75, 3.05) is 6.61 Å². The Hall–Kier alpha value is -1.86. The summed E-state index contributed by atoms with van der Waals surface area (Å²) in [6.07, 6.45) is -8.88. The molecule has 12 heteroatoms. The predicted molar refractivity (Wildman–Crippen MR) is 79.2 cm³/mol. The summed E-state index contributed by atoms with van der Waals surface area (Å²) in [5.74, 6) is 0. The summed E-state index contributed by atoms with van der Waals surface area (Å²) in [5.41, 5.74) is -2.59. The molecule has 0 saturated carbocycles. The van der Waals surface area contributed by atoms with Crippen LogP contribution in [0.15, 0.2) is 17.1 Å². The maximum absolute atomic E-state index is 12.8. The summed E-state index contributed by atoms with van der Waals surface area (Å²) in [6, 6.07) is 0.384. The van der Waals surface area contributed by atoms with Crippen LogP contribution in [0.25, 0.3) is 11.0 Å². The zero-order valence-electron chi connectivity index (χ0n) is 12.3. The van der Waals surface area contributed by atoms with Gasteiger partial charge in [0.1, 0.15) is 29.7 Å². The van der Waals surface area contributed by atoms with Crippen molar-refractivity contribution < 1.29 is 33.2 Å². The lowest BCUT2D eigenvalue weighted by atomic mass is 10.1. The highest BCUT2D eigenvalue weighted by Gasteiger charge is 2.43. The Kier molecular flexibility index (Phi) is 4.41. The SMILES string of the molecule is O=c1cc(C(F)(F)F)[nH]c2nc(=S)n([C@@H]3O[C@H](CO)C(O)[C@@H]3O)cc12. The van der Waals surface area contributed by atoms with E-state index in [2.05, 4.69) is 4.98 Å². The molecule has 0 aromatic carbocycles. The first-order chi connectivity index (χ1) is 11.6. The molecule has 0 aliphatic carbocycles. The summed E-state index contributed by atoms with van der Waals surface area (Å²) >= 11 is 4.98. The molecule has 25 heavy (non-hydrogen) atoms. The Balaban J connectivity index is 2.14. The Bertz CT molecular complexity index is 928. The van der Waals surface area contributed by atoms with Gasteiger partial charge in [-0.1, -0.05) is 0 Å². The van der Waals surface area contributed by atoms with Crippen molar-refractivity contribution in [3.63, 3.8) is 0 Å². The number of halogens is 3. The number of aromatic amines is 1. The van der Waals surface area contributed by atoms with E-state index in [0.717, 1.165) is 10.8 Å². The van der Waals surface area contributed by atoms with Crippen LogP contribution in [0.1, 0.15) is 11.9 Å². The average Bonchev–Trinajstić information content (AvgIpc) is 2.81. The largest absolute Gasteiger partial charge is 0.431 e. The van der Waals surface area contributed by atoms with Crippen LogP contribution in [-0.4, -0.2) is 54.8 Å². The molecule has 0 spiro atoms. The number of aromatic nitrogens is 3. The van der Waals surface area contributed by atoms with Gasteiger partial charge in [0.05, 0.1) is 12.0 Å². The second kappa shape index (κ2) is 6.14. The molecule has 8 nitrogen and oxygen atoms in total. The number of pyridine rings is 1. The molecule has 1 aliphatic rings. The zero-order valence-corrected chi connectivity index (χ0v) is 13.1. The maximum atomic E-state index is 12.8. The number of nitrogens with zero attached hydrogens (tertiary/aromatic N) is 2. The third-order valence-corrected chi connectivity index (χ3v) is 4.14. The van der Waals surface area contributed by atoms with E-state index in [9.17, 15) is 28.2 Å². The smallest absolute Gasteiger partial charge is 0.394 e. The quantitative estimate of drug-likeness (QED) is 0.546. The van der Waals surface area contributed by atoms with Crippen LogP contribution >= 0.6 is 12.2 Å². The van der Waals surface area contributed by atoms with Gasteiger partial charge in [-0.15, -0.1) is 0 Å². The van der Waals surface area contributed by atoms with Crippen molar-refractivity contribution in [2.24, 2.45) is 0 Å². The Labute approximate surface area is 142 Å². The predicted octanol–water partition coefficient (Wildman–Crippen LogP) is 0.0844. The van der Waals surface area contributed by atoms with Gasteiger partial charge in [-0.25, -0.2) is 4.98 Å². The van der Waals surface area contributed by atoms with Crippen molar-refractivity contribution in [2.45, 2.75) is 30.7 Å². The molecule has 4 N–H and O–H groups in total. The van der Waals surface area contributed by atoms with Crippen LogP contribution in [0, 0.1) is 4.77 Å². The number of fused-ring (bicyclic) bond motifs is 1. The summed E-state index contributed by atoms with van der Waals surface area (Å²) in [5, 5.41) is 28.7. The first kappa shape index (κ1) is 17.9. The Morgan fingerprint density at radius 3 is 2.60 bits per heavy atom. The number of aliphatic hydroxyl groups excluding tert-OH is 3.